The van der Waals surface area contributed by atoms with Crippen LogP contribution in [0.4, 0.5) is 5.69 Å². The maximum Gasteiger partial charge on any atom is 0.229 e. The van der Waals surface area contributed by atoms with Crippen molar-refractivity contribution in [1.82, 2.24) is 0 Å². The highest BCUT2D eigenvalue weighted by molar-refractivity contribution is 5.95. The van der Waals surface area contributed by atoms with Gasteiger partial charge < -0.3 is 10.6 Å². The highest BCUT2D eigenvalue weighted by Gasteiger charge is 2.34. The fourth-order valence-corrected chi connectivity index (χ4v) is 2.10. The fourth-order valence-electron chi connectivity index (χ4n) is 2.10. The van der Waals surface area contributed by atoms with Crippen LogP contribution in [-0.4, -0.2) is 19.0 Å². The van der Waals surface area contributed by atoms with Gasteiger partial charge in [0.1, 0.15) is 0 Å². The van der Waals surface area contributed by atoms with Crippen LogP contribution in [0.1, 0.15) is 18.4 Å². The molecule has 16 heavy (non-hydrogen) atoms. The highest BCUT2D eigenvalue weighted by Crippen LogP contribution is 2.29. The van der Waals surface area contributed by atoms with Crippen molar-refractivity contribution < 1.29 is 4.79 Å². The second-order valence-electron chi connectivity index (χ2n) is 4.66. The molecule has 3 nitrogen and oxygen atoms in total. The van der Waals surface area contributed by atoms with E-state index in [1.165, 1.54) is 5.56 Å². The summed E-state index contributed by atoms with van der Waals surface area (Å²) < 4.78 is 0. The first-order chi connectivity index (χ1) is 7.58. The molecular formula is C13H18N2O. The SMILES string of the molecule is Cc1cccc(N(C)C(=O)C2CC(N)C2)c1. The molecule has 1 fully saturated rings. The molecule has 1 aromatic carbocycles. The number of amides is 1. The molecule has 1 aromatic rings. The molecule has 0 aliphatic heterocycles. The monoisotopic (exact) mass is 218 g/mol. The number of nitrogens with two attached hydrogens (primary N) is 1. The van der Waals surface area contributed by atoms with Crippen LogP contribution in [0.15, 0.2) is 24.3 Å². The number of rotatable bonds is 2. The second-order valence-corrected chi connectivity index (χ2v) is 4.66. The van der Waals surface area contributed by atoms with Crippen LogP contribution >= 0.6 is 0 Å². The predicted octanol–water partition coefficient (Wildman–Crippen LogP) is 1.70. The van der Waals surface area contributed by atoms with Gasteiger partial charge in [0.05, 0.1) is 0 Å². The topological polar surface area (TPSA) is 46.3 Å². The zero-order chi connectivity index (χ0) is 11.7. The van der Waals surface area contributed by atoms with Crippen molar-refractivity contribution in [2.45, 2.75) is 25.8 Å². The molecule has 0 saturated heterocycles. The minimum absolute atomic E-state index is 0.125. The average Bonchev–Trinajstić information content (AvgIpc) is 2.23. The first-order valence-electron chi connectivity index (χ1n) is 5.67. The van der Waals surface area contributed by atoms with Crippen molar-refractivity contribution in [3.63, 3.8) is 0 Å². The van der Waals surface area contributed by atoms with Gasteiger partial charge in [-0.15, -0.1) is 0 Å². The van der Waals surface area contributed by atoms with Gasteiger partial charge in [0.2, 0.25) is 5.91 Å². The maximum absolute atomic E-state index is 12.1. The number of nitrogens with zero attached hydrogens (tertiary/aromatic N) is 1. The van der Waals surface area contributed by atoms with E-state index >= 15 is 0 Å². The molecule has 1 aliphatic rings. The van der Waals surface area contributed by atoms with Crippen molar-refractivity contribution >= 4 is 11.6 Å². The van der Waals surface area contributed by atoms with Crippen LogP contribution in [0.3, 0.4) is 0 Å². The lowest BCUT2D eigenvalue weighted by atomic mass is 9.80. The predicted molar refractivity (Wildman–Crippen MR) is 65.3 cm³/mol. The normalized spacial score (nSPS) is 23.7. The Labute approximate surface area is 96.2 Å². The molecule has 2 rings (SSSR count). The van der Waals surface area contributed by atoms with E-state index in [4.69, 9.17) is 5.73 Å². The quantitative estimate of drug-likeness (QED) is 0.821. The first kappa shape index (κ1) is 11.1. The summed E-state index contributed by atoms with van der Waals surface area (Å²) in [5, 5.41) is 0. The number of hydrogen-bond acceptors (Lipinski definition) is 2. The Morgan fingerprint density at radius 3 is 2.69 bits per heavy atom. The third kappa shape index (κ3) is 2.09. The largest absolute Gasteiger partial charge is 0.328 e. The molecular weight excluding hydrogens is 200 g/mol. The van der Waals surface area contributed by atoms with Crippen molar-refractivity contribution in [3.8, 4) is 0 Å². The van der Waals surface area contributed by atoms with Gasteiger partial charge in [-0.25, -0.2) is 0 Å². The minimum Gasteiger partial charge on any atom is -0.328 e. The molecule has 0 heterocycles. The molecule has 0 atom stereocenters. The lowest BCUT2D eigenvalue weighted by Gasteiger charge is -2.34. The third-order valence-corrected chi connectivity index (χ3v) is 3.24. The van der Waals surface area contributed by atoms with Crippen LogP contribution in [0.5, 0.6) is 0 Å². The molecule has 0 unspecified atom stereocenters. The Balaban J connectivity index is 2.07. The van der Waals surface area contributed by atoms with E-state index in [-0.39, 0.29) is 17.9 Å². The molecule has 0 aromatic heterocycles. The summed E-state index contributed by atoms with van der Waals surface area (Å²) in [5.41, 5.74) is 7.83. The number of hydrogen-bond donors (Lipinski definition) is 1. The van der Waals surface area contributed by atoms with E-state index in [0.717, 1.165) is 18.5 Å². The number of carbonyl (C=O) groups is 1. The van der Waals surface area contributed by atoms with Crippen molar-refractivity contribution in [3.05, 3.63) is 29.8 Å². The van der Waals surface area contributed by atoms with Crippen LogP contribution < -0.4 is 10.6 Å². The molecule has 0 radical (unpaired) electrons. The van der Waals surface area contributed by atoms with E-state index in [1.807, 2.05) is 38.2 Å². The summed E-state index contributed by atoms with van der Waals surface area (Å²) in [4.78, 5) is 13.8. The summed E-state index contributed by atoms with van der Waals surface area (Å²) in [7, 11) is 1.83. The molecule has 0 bridgehead atoms. The van der Waals surface area contributed by atoms with Gasteiger partial charge in [-0.05, 0) is 37.5 Å². The lowest BCUT2D eigenvalue weighted by Crippen LogP contribution is -2.45. The Hall–Kier alpha value is -1.35. The average molecular weight is 218 g/mol. The van der Waals surface area contributed by atoms with Gasteiger partial charge in [0.15, 0.2) is 0 Å². The van der Waals surface area contributed by atoms with Gasteiger partial charge in [-0.3, -0.25) is 4.79 Å². The minimum atomic E-state index is 0.125. The smallest absolute Gasteiger partial charge is 0.229 e. The number of carbonyl (C=O) groups excluding carboxylic acids is 1. The molecule has 0 spiro atoms. The maximum atomic E-state index is 12.1. The van der Waals surface area contributed by atoms with Gasteiger partial charge in [-0.2, -0.15) is 0 Å². The van der Waals surface area contributed by atoms with E-state index in [0.29, 0.717) is 0 Å². The van der Waals surface area contributed by atoms with Crippen LogP contribution in [0.2, 0.25) is 0 Å². The molecule has 1 saturated carbocycles. The van der Waals surface area contributed by atoms with Crippen LogP contribution in [-0.2, 0) is 4.79 Å². The number of benzene rings is 1. The Morgan fingerprint density at radius 1 is 1.44 bits per heavy atom. The lowest BCUT2D eigenvalue weighted by molar-refractivity contribution is -0.124. The van der Waals surface area contributed by atoms with E-state index in [2.05, 4.69) is 0 Å². The van der Waals surface area contributed by atoms with E-state index < -0.39 is 0 Å². The van der Waals surface area contributed by atoms with Crippen molar-refractivity contribution in [2.24, 2.45) is 11.7 Å². The zero-order valence-electron chi connectivity index (χ0n) is 9.81. The standard InChI is InChI=1S/C13H18N2O/c1-9-4-3-5-12(6-9)15(2)13(16)10-7-11(14)8-10/h3-6,10-11H,7-8,14H2,1-2H3. The Kier molecular flexibility index (Phi) is 2.97. The second kappa shape index (κ2) is 4.26. The molecule has 86 valence electrons. The summed E-state index contributed by atoms with van der Waals surface area (Å²) in [6.45, 7) is 2.03. The Bertz CT molecular complexity index is 397. The van der Waals surface area contributed by atoms with Crippen molar-refractivity contribution in [2.75, 3.05) is 11.9 Å². The fraction of sp³-hybridized carbons (Fsp3) is 0.462. The number of anilines is 1. The first-order valence-corrected chi connectivity index (χ1v) is 5.67. The third-order valence-electron chi connectivity index (χ3n) is 3.24. The summed E-state index contributed by atoms with van der Waals surface area (Å²) in [6, 6.07) is 8.21. The summed E-state index contributed by atoms with van der Waals surface area (Å²) in [6.07, 6.45) is 1.66. The van der Waals surface area contributed by atoms with E-state index in [9.17, 15) is 4.79 Å². The highest BCUT2D eigenvalue weighted by atomic mass is 16.2. The Morgan fingerprint density at radius 2 is 2.12 bits per heavy atom. The van der Waals surface area contributed by atoms with Crippen LogP contribution in [0.25, 0.3) is 0 Å². The molecule has 2 N–H and O–H groups in total. The van der Waals surface area contributed by atoms with Gasteiger partial charge in [-0.1, -0.05) is 12.1 Å². The summed E-state index contributed by atoms with van der Waals surface area (Å²) in [5.74, 6) is 0.313. The van der Waals surface area contributed by atoms with Crippen LogP contribution in [0, 0.1) is 12.8 Å². The van der Waals surface area contributed by atoms with Crippen molar-refractivity contribution in [1.29, 1.82) is 0 Å². The van der Waals surface area contributed by atoms with Gasteiger partial charge >= 0.3 is 0 Å². The molecule has 3 heteroatoms. The van der Waals surface area contributed by atoms with Gasteiger partial charge in [0.25, 0.3) is 0 Å². The van der Waals surface area contributed by atoms with Gasteiger partial charge in [0, 0.05) is 24.7 Å². The molecule has 1 aliphatic carbocycles. The molecule has 1 amide bonds. The summed E-state index contributed by atoms with van der Waals surface area (Å²) >= 11 is 0. The zero-order valence-corrected chi connectivity index (χ0v) is 9.81. The number of aryl methyl sites for hydroxylation is 1. The van der Waals surface area contributed by atoms with E-state index in [1.54, 1.807) is 4.90 Å².